The van der Waals surface area contributed by atoms with E-state index in [0.29, 0.717) is 12.3 Å². The van der Waals surface area contributed by atoms with Gasteiger partial charge in [0.15, 0.2) is 0 Å². The van der Waals surface area contributed by atoms with E-state index in [9.17, 15) is 4.79 Å². The van der Waals surface area contributed by atoms with E-state index in [0.717, 1.165) is 13.1 Å². The third kappa shape index (κ3) is 9.80. The fourth-order valence-corrected chi connectivity index (χ4v) is 21.3. The fourth-order valence-electron chi connectivity index (χ4n) is 4.07. The third-order valence-electron chi connectivity index (χ3n) is 6.08. The van der Waals surface area contributed by atoms with Gasteiger partial charge >= 0.3 is 169 Å². The van der Waals surface area contributed by atoms with Crippen LogP contribution < -0.4 is 0 Å². The standard InChI is InChI=1S/C11H20NO.3C4H9.Sn/c1-6-12(7-2)11(13)8-10(5)9(3)4;3*1-3-4-2;/h3,6-8H2,1-2,4-5H3;3*1,3-4H2,2H3;/b10-9+;;;;. The van der Waals surface area contributed by atoms with Crippen molar-refractivity contribution in [3.63, 3.8) is 0 Å². The molecule has 0 saturated carbocycles. The van der Waals surface area contributed by atoms with Gasteiger partial charge in [0.05, 0.1) is 0 Å². The van der Waals surface area contributed by atoms with Gasteiger partial charge in [-0.2, -0.15) is 0 Å². The molecule has 0 aromatic carbocycles. The molecule has 0 bridgehead atoms. The van der Waals surface area contributed by atoms with E-state index in [2.05, 4.69) is 48.5 Å². The monoisotopic (exact) mass is 473 g/mol. The van der Waals surface area contributed by atoms with Gasteiger partial charge in [-0.15, -0.1) is 0 Å². The van der Waals surface area contributed by atoms with E-state index in [1.165, 1.54) is 48.5 Å². The summed E-state index contributed by atoms with van der Waals surface area (Å²) in [5.74, 6) is 0.309. The molecule has 0 unspecified atom stereocenters. The van der Waals surface area contributed by atoms with Crippen LogP contribution in [0.4, 0.5) is 0 Å². The van der Waals surface area contributed by atoms with Crippen molar-refractivity contribution in [2.24, 2.45) is 0 Å². The van der Waals surface area contributed by atoms with Crippen LogP contribution in [0, 0.1) is 0 Å². The minimum atomic E-state index is -2.14. The van der Waals surface area contributed by atoms with Gasteiger partial charge in [-0.1, -0.05) is 0 Å². The maximum absolute atomic E-state index is 12.5. The Hall–Kier alpha value is 0.00870. The van der Waals surface area contributed by atoms with Crippen LogP contribution in [0.25, 0.3) is 0 Å². The van der Waals surface area contributed by atoms with Crippen molar-refractivity contribution in [3.8, 4) is 0 Å². The van der Waals surface area contributed by atoms with Crippen LogP contribution in [-0.2, 0) is 4.79 Å². The number of allylic oxidation sites excluding steroid dienone is 1. The van der Waals surface area contributed by atoms with E-state index >= 15 is 0 Å². The summed E-state index contributed by atoms with van der Waals surface area (Å²) in [6, 6.07) is 0. The summed E-state index contributed by atoms with van der Waals surface area (Å²) in [5.41, 5.74) is 2.91. The molecule has 154 valence electrons. The van der Waals surface area contributed by atoms with Crippen LogP contribution in [0.15, 0.2) is 11.1 Å². The number of carbonyl (C=O) groups is 1. The van der Waals surface area contributed by atoms with Crippen molar-refractivity contribution >= 4 is 24.3 Å². The van der Waals surface area contributed by atoms with E-state index in [1.807, 2.05) is 4.90 Å². The molecule has 0 aromatic rings. The average Bonchev–Trinajstić information content (AvgIpc) is 2.63. The van der Waals surface area contributed by atoms with Gasteiger partial charge in [0.2, 0.25) is 0 Å². The number of carbonyl (C=O) groups excluding carboxylic acids is 1. The van der Waals surface area contributed by atoms with Crippen LogP contribution in [0.1, 0.15) is 93.4 Å². The number of nitrogens with zero attached hydrogens (tertiary/aromatic N) is 1. The molecule has 0 spiro atoms. The Morgan fingerprint density at radius 1 is 0.731 bits per heavy atom. The molecule has 0 fully saturated rings. The second kappa shape index (κ2) is 15.0. The molecule has 0 aromatic heterocycles. The molecule has 2 nitrogen and oxygen atoms in total. The Morgan fingerprint density at radius 3 is 1.50 bits per heavy atom. The van der Waals surface area contributed by atoms with Gasteiger partial charge in [-0.05, 0) is 0 Å². The van der Waals surface area contributed by atoms with Gasteiger partial charge in [-0.3, -0.25) is 0 Å². The predicted molar refractivity (Wildman–Crippen MR) is 121 cm³/mol. The second-order valence-electron chi connectivity index (χ2n) is 8.29. The van der Waals surface area contributed by atoms with Crippen molar-refractivity contribution in [1.29, 1.82) is 0 Å². The number of unbranched alkanes of at least 4 members (excludes halogenated alkanes) is 3. The molecule has 0 saturated heterocycles. The van der Waals surface area contributed by atoms with Gasteiger partial charge in [0.25, 0.3) is 0 Å². The minimum absolute atomic E-state index is 0.309. The molecule has 26 heavy (non-hydrogen) atoms. The summed E-state index contributed by atoms with van der Waals surface area (Å²) in [6.07, 6.45) is 8.90. The van der Waals surface area contributed by atoms with Gasteiger partial charge < -0.3 is 0 Å². The van der Waals surface area contributed by atoms with Crippen molar-refractivity contribution < 1.29 is 4.79 Å². The van der Waals surface area contributed by atoms with Crippen molar-refractivity contribution in [1.82, 2.24) is 4.90 Å². The van der Waals surface area contributed by atoms with E-state index in [4.69, 9.17) is 0 Å². The summed E-state index contributed by atoms with van der Waals surface area (Å²) in [5, 5.41) is 0. The third-order valence-corrected chi connectivity index (χ3v) is 21.8. The van der Waals surface area contributed by atoms with Crippen molar-refractivity contribution in [2.45, 2.75) is 111 Å². The summed E-state index contributed by atoms with van der Waals surface area (Å²) < 4.78 is 6.06. The van der Waals surface area contributed by atoms with E-state index in [1.54, 1.807) is 18.9 Å². The molecule has 3 heteroatoms. The Labute approximate surface area is 169 Å². The zero-order valence-electron chi connectivity index (χ0n) is 19.0. The summed E-state index contributed by atoms with van der Waals surface area (Å²) in [4.78, 5) is 14.5. The molecular weight excluding hydrogens is 425 g/mol. The summed E-state index contributed by atoms with van der Waals surface area (Å²) in [6.45, 7) is 17.4. The average molecular weight is 472 g/mol. The molecule has 0 heterocycles. The van der Waals surface area contributed by atoms with Gasteiger partial charge in [0, 0.05) is 0 Å². The molecule has 0 aliphatic carbocycles. The molecule has 0 radical (unpaired) electrons. The number of amides is 1. The molecule has 0 aliphatic rings. The Morgan fingerprint density at radius 2 is 1.15 bits per heavy atom. The topological polar surface area (TPSA) is 20.3 Å². The van der Waals surface area contributed by atoms with Crippen LogP contribution in [-0.4, -0.2) is 42.3 Å². The molecule has 0 aliphatic heterocycles. The van der Waals surface area contributed by atoms with Crippen LogP contribution in [0.5, 0.6) is 0 Å². The number of rotatable bonds is 15. The number of hydrogen-bond donors (Lipinski definition) is 0. The predicted octanol–water partition coefficient (Wildman–Crippen LogP) is 7.43. The molecule has 0 atom stereocenters. The quantitative estimate of drug-likeness (QED) is 0.179. The Kier molecular flexibility index (Phi) is 15.0. The van der Waals surface area contributed by atoms with E-state index < -0.39 is 18.4 Å². The fraction of sp³-hybridized carbons (Fsp3) is 0.870. The summed E-state index contributed by atoms with van der Waals surface area (Å²) >= 11 is -2.14. The van der Waals surface area contributed by atoms with Crippen molar-refractivity contribution in [3.05, 3.63) is 11.1 Å². The molecule has 0 rings (SSSR count). The van der Waals surface area contributed by atoms with Crippen LogP contribution in [0.2, 0.25) is 17.7 Å². The Balaban J connectivity index is 5.30. The Bertz CT molecular complexity index is 391. The molecular formula is C23H47NOSn. The first-order chi connectivity index (χ1) is 12.4. The SMILES string of the molecule is CCC[CH2][Sn]([CH2]CCC)([CH2]CCC)[CH2]/C(C)=C(/C)CC(=O)N(CC)CC. The zero-order valence-corrected chi connectivity index (χ0v) is 21.9. The van der Waals surface area contributed by atoms with Crippen LogP contribution >= 0.6 is 0 Å². The van der Waals surface area contributed by atoms with Gasteiger partial charge in [-0.25, -0.2) is 0 Å². The molecule has 1 amide bonds. The maximum atomic E-state index is 12.5. The van der Waals surface area contributed by atoms with E-state index in [-0.39, 0.29) is 0 Å². The first kappa shape index (κ1) is 26.0. The summed E-state index contributed by atoms with van der Waals surface area (Å²) in [7, 11) is 0. The van der Waals surface area contributed by atoms with Crippen LogP contribution in [0.3, 0.4) is 0 Å². The zero-order chi connectivity index (χ0) is 20.0. The normalized spacial score (nSPS) is 12.9. The van der Waals surface area contributed by atoms with Gasteiger partial charge in [0.1, 0.15) is 0 Å². The second-order valence-corrected chi connectivity index (χ2v) is 22.1. The first-order valence-corrected chi connectivity index (χ1v) is 19.4. The first-order valence-electron chi connectivity index (χ1n) is 11.3. The van der Waals surface area contributed by atoms with Crippen molar-refractivity contribution in [2.75, 3.05) is 13.1 Å². The molecule has 0 N–H and O–H groups in total. The number of hydrogen-bond acceptors (Lipinski definition) is 1.